The van der Waals surface area contributed by atoms with Crippen LogP contribution in [0, 0.1) is 11.8 Å². The summed E-state index contributed by atoms with van der Waals surface area (Å²) >= 11 is 0. The molecular weight excluding hydrogens is 174 g/mol. The van der Waals surface area contributed by atoms with Gasteiger partial charge in [0.2, 0.25) is 0 Å². The van der Waals surface area contributed by atoms with Crippen LogP contribution in [0.3, 0.4) is 0 Å². The molecule has 2 unspecified atom stereocenters. The van der Waals surface area contributed by atoms with Gasteiger partial charge in [0.15, 0.2) is 0 Å². The maximum Gasteiger partial charge on any atom is 0.0487 e. The van der Waals surface area contributed by atoms with Gasteiger partial charge in [-0.2, -0.15) is 0 Å². The molecule has 0 aromatic carbocycles. The van der Waals surface area contributed by atoms with Gasteiger partial charge in [0.05, 0.1) is 0 Å². The van der Waals surface area contributed by atoms with Crippen molar-refractivity contribution >= 4 is 0 Å². The Morgan fingerprint density at radius 2 is 1.79 bits per heavy atom. The van der Waals surface area contributed by atoms with Gasteiger partial charge in [0, 0.05) is 19.8 Å². The fourth-order valence-electron chi connectivity index (χ4n) is 1.77. The molecule has 0 aromatic rings. The summed E-state index contributed by atoms with van der Waals surface area (Å²) in [6.45, 7) is 11.0. The minimum absolute atomic E-state index is 0.666. The molecule has 0 aliphatic rings. The molecule has 14 heavy (non-hydrogen) atoms. The minimum atomic E-state index is 0.666. The van der Waals surface area contributed by atoms with Gasteiger partial charge in [-0.05, 0) is 31.2 Å². The highest BCUT2D eigenvalue weighted by Crippen LogP contribution is 2.13. The number of hydrogen-bond donors (Lipinski definition) is 1. The van der Waals surface area contributed by atoms with Crippen molar-refractivity contribution in [2.45, 2.75) is 46.6 Å². The third-order valence-corrected chi connectivity index (χ3v) is 2.69. The molecular formula is C12H27NO. The van der Waals surface area contributed by atoms with E-state index in [2.05, 4.69) is 33.0 Å². The first kappa shape index (κ1) is 13.9. The van der Waals surface area contributed by atoms with Crippen molar-refractivity contribution in [3.8, 4) is 0 Å². The topological polar surface area (TPSA) is 21.3 Å². The fraction of sp³-hybridized carbons (Fsp3) is 1.00. The molecule has 0 fully saturated rings. The lowest BCUT2D eigenvalue weighted by atomic mass is 9.95. The van der Waals surface area contributed by atoms with Crippen LogP contribution in [0.1, 0.15) is 40.5 Å². The van der Waals surface area contributed by atoms with E-state index in [0.717, 1.165) is 19.1 Å². The van der Waals surface area contributed by atoms with E-state index in [4.69, 9.17) is 4.74 Å². The third kappa shape index (κ3) is 6.39. The SMILES string of the molecule is CCNC(CCC(C)COC)C(C)C. The van der Waals surface area contributed by atoms with Gasteiger partial charge >= 0.3 is 0 Å². The molecule has 0 aliphatic heterocycles. The van der Waals surface area contributed by atoms with Crippen LogP contribution in [0.4, 0.5) is 0 Å². The van der Waals surface area contributed by atoms with Crippen molar-refractivity contribution in [1.82, 2.24) is 5.32 Å². The molecule has 2 nitrogen and oxygen atoms in total. The Labute approximate surface area is 89.4 Å². The molecule has 0 aromatic heterocycles. The van der Waals surface area contributed by atoms with Gasteiger partial charge in [-0.3, -0.25) is 0 Å². The Hall–Kier alpha value is -0.0800. The normalized spacial score (nSPS) is 15.9. The molecule has 0 rings (SSSR count). The summed E-state index contributed by atoms with van der Waals surface area (Å²) in [7, 11) is 1.78. The van der Waals surface area contributed by atoms with Gasteiger partial charge in [-0.15, -0.1) is 0 Å². The smallest absolute Gasteiger partial charge is 0.0487 e. The summed E-state index contributed by atoms with van der Waals surface area (Å²) in [4.78, 5) is 0. The monoisotopic (exact) mass is 201 g/mol. The quantitative estimate of drug-likeness (QED) is 0.652. The van der Waals surface area contributed by atoms with Gasteiger partial charge in [-0.1, -0.05) is 27.7 Å². The molecule has 0 amide bonds. The number of ether oxygens (including phenoxy) is 1. The van der Waals surface area contributed by atoms with Crippen LogP contribution < -0.4 is 5.32 Å². The van der Waals surface area contributed by atoms with E-state index in [9.17, 15) is 0 Å². The standard InChI is InChI=1S/C12H27NO/c1-6-13-12(10(2)3)8-7-11(4)9-14-5/h10-13H,6-9H2,1-5H3. The van der Waals surface area contributed by atoms with Crippen LogP contribution in [0.2, 0.25) is 0 Å². The lowest BCUT2D eigenvalue weighted by Gasteiger charge is -2.23. The second kappa shape index (κ2) is 8.25. The van der Waals surface area contributed by atoms with Crippen LogP contribution in [0.25, 0.3) is 0 Å². The Morgan fingerprint density at radius 3 is 2.21 bits per heavy atom. The largest absolute Gasteiger partial charge is 0.384 e. The molecule has 0 saturated heterocycles. The first-order valence-corrected chi connectivity index (χ1v) is 5.84. The van der Waals surface area contributed by atoms with E-state index in [1.807, 2.05) is 0 Å². The van der Waals surface area contributed by atoms with Crippen LogP contribution in [-0.2, 0) is 4.74 Å². The van der Waals surface area contributed by atoms with Crippen molar-refractivity contribution in [1.29, 1.82) is 0 Å². The predicted octanol–water partition coefficient (Wildman–Crippen LogP) is 2.68. The summed E-state index contributed by atoms with van der Waals surface area (Å²) in [6, 6.07) is 0.666. The predicted molar refractivity (Wildman–Crippen MR) is 62.6 cm³/mol. The van der Waals surface area contributed by atoms with Gasteiger partial charge in [-0.25, -0.2) is 0 Å². The highest BCUT2D eigenvalue weighted by Gasteiger charge is 2.13. The average molecular weight is 201 g/mol. The minimum Gasteiger partial charge on any atom is -0.384 e. The molecule has 1 N–H and O–H groups in total. The number of hydrogen-bond acceptors (Lipinski definition) is 2. The first-order chi connectivity index (χ1) is 6.61. The van der Waals surface area contributed by atoms with Crippen molar-refractivity contribution in [3.63, 3.8) is 0 Å². The maximum absolute atomic E-state index is 5.14. The fourth-order valence-corrected chi connectivity index (χ4v) is 1.77. The van der Waals surface area contributed by atoms with Crippen LogP contribution >= 0.6 is 0 Å². The van der Waals surface area contributed by atoms with Crippen molar-refractivity contribution in [3.05, 3.63) is 0 Å². The molecule has 0 spiro atoms. The summed E-state index contributed by atoms with van der Waals surface area (Å²) < 4.78 is 5.14. The van der Waals surface area contributed by atoms with Crippen molar-refractivity contribution < 1.29 is 4.74 Å². The van der Waals surface area contributed by atoms with E-state index >= 15 is 0 Å². The van der Waals surface area contributed by atoms with E-state index < -0.39 is 0 Å². The number of rotatable bonds is 8. The zero-order chi connectivity index (χ0) is 11.0. The van der Waals surface area contributed by atoms with Crippen LogP contribution in [-0.4, -0.2) is 26.3 Å². The Balaban J connectivity index is 3.69. The van der Waals surface area contributed by atoms with E-state index in [1.54, 1.807) is 7.11 Å². The second-order valence-corrected chi connectivity index (χ2v) is 4.55. The second-order valence-electron chi connectivity index (χ2n) is 4.55. The average Bonchev–Trinajstić information content (AvgIpc) is 2.12. The Kier molecular flexibility index (Phi) is 8.20. The van der Waals surface area contributed by atoms with E-state index in [1.165, 1.54) is 12.8 Å². The molecule has 0 radical (unpaired) electrons. The molecule has 86 valence electrons. The van der Waals surface area contributed by atoms with Crippen molar-refractivity contribution in [2.24, 2.45) is 11.8 Å². The van der Waals surface area contributed by atoms with Crippen LogP contribution in [0.5, 0.6) is 0 Å². The molecule has 2 atom stereocenters. The zero-order valence-corrected chi connectivity index (χ0v) is 10.5. The summed E-state index contributed by atoms with van der Waals surface area (Å²) in [5.41, 5.74) is 0. The Bertz CT molecular complexity index is 125. The number of methoxy groups -OCH3 is 1. The van der Waals surface area contributed by atoms with E-state index in [-0.39, 0.29) is 0 Å². The van der Waals surface area contributed by atoms with E-state index in [0.29, 0.717) is 12.0 Å². The molecule has 0 saturated carbocycles. The summed E-state index contributed by atoms with van der Waals surface area (Å²) in [5, 5.41) is 3.54. The lowest BCUT2D eigenvalue weighted by molar-refractivity contribution is 0.151. The molecule has 2 heteroatoms. The molecule has 0 aliphatic carbocycles. The lowest BCUT2D eigenvalue weighted by Crippen LogP contribution is -2.34. The highest BCUT2D eigenvalue weighted by molar-refractivity contribution is 4.70. The van der Waals surface area contributed by atoms with Crippen LogP contribution in [0.15, 0.2) is 0 Å². The maximum atomic E-state index is 5.14. The van der Waals surface area contributed by atoms with Gasteiger partial charge < -0.3 is 10.1 Å². The zero-order valence-electron chi connectivity index (χ0n) is 10.5. The van der Waals surface area contributed by atoms with Crippen molar-refractivity contribution in [2.75, 3.05) is 20.3 Å². The Morgan fingerprint density at radius 1 is 1.14 bits per heavy atom. The molecule has 0 bridgehead atoms. The highest BCUT2D eigenvalue weighted by atomic mass is 16.5. The summed E-state index contributed by atoms with van der Waals surface area (Å²) in [6.07, 6.45) is 2.51. The molecule has 0 heterocycles. The third-order valence-electron chi connectivity index (χ3n) is 2.69. The summed E-state index contributed by atoms with van der Waals surface area (Å²) in [5.74, 6) is 1.41. The van der Waals surface area contributed by atoms with Gasteiger partial charge in [0.25, 0.3) is 0 Å². The first-order valence-electron chi connectivity index (χ1n) is 5.84. The van der Waals surface area contributed by atoms with Gasteiger partial charge in [0.1, 0.15) is 0 Å². The number of nitrogens with one attached hydrogen (secondary N) is 1.